The number of nitrogens with one attached hydrogen (secondary N) is 5. The highest BCUT2D eigenvalue weighted by Crippen LogP contribution is 2.42. The second-order valence-electron chi connectivity index (χ2n) is 34.6. The molecule has 11 heterocycles. The monoisotopic (exact) mass is 2010 g/mol. The molecule has 0 saturated carbocycles. The molecule has 61 nitrogen and oxygen atoms in total. The molecular formula is C76H127N5O56. The molecule has 11 rings (SSSR count). The summed E-state index contributed by atoms with van der Waals surface area (Å²) in [5, 5.41) is 349. The van der Waals surface area contributed by atoms with Gasteiger partial charge in [-0.3, -0.25) is 24.0 Å². The van der Waals surface area contributed by atoms with E-state index in [0.29, 0.717) is 0 Å². The third-order valence-electron chi connectivity index (χ3n) is 25.0. The van der Waals surface area contributed by atoms with Crippen molar-refractivity contribution in [3.63, 3.8) is 0 Å². The van der Waals surface area contributed by atoms with Crippen LogP contribution < -0.4 is 26.6 Å². The van der Waals surface area contributed by atoms with Gasteiger partial charge in [0, 0.05) is 34.6 Å². The summed E-state index contributed by atoms with van der Waals surface area (Å²) in [4.78, 5) is 64.8. The lowest BCUT2D eigenvalue weighted by atomic mass is 9.93. The van der Waals surface area contributed by atoms with Gasteiger partial charge >= 0.3 is 0 Å². The maximum Gasteiger partial charge on any atom is 0.217 e. The Bertz CT molecular complexity index is 3780. The molecule has 0 radical (unpaired) electrons. The Morgan fingerprint density at radius 2 is 0.401 bits per heavy atom. The predicted octanol–water partition coefficient (Wildman–Crippen LogP) is -24.3. The van der Waals surface area contributed by atoms with E-state index in [2.05, 4.69) is 26.6 Å². The second kappa shape index (κ2) is 49.5. The van der Waals surface area contributed by atoms with Crippen molar-refractivity contribution >= 4 is 29.5 Å². The fourth-order valence-electron chi connectivity index (χ4n) is 17.7. The fourth-order valence-corrected chi connectivity index (χ4v) is 17.7. The summed E-state index contributed by atoms with van der Waals surface area (Å²) in [6.07, 6.45) is -107. The third-order valence-corrected chi connectivity index (χ3v) is 25.0. The molecule has 5 amide bonds. The summed E-state index contributed by atoms with van der Waals surface area (Å²) in [7, 11) is 0. The van der Waals surface area contributed by atoms with Gasteiger partial charge in [0.1, 0.15) is 268 Å². The van der Waals surface area contributed by atoms with Crippen LogP contribution in [0.25, 0.3) is 0 Å². The zero-order valence-corrected chi connectivity index (χ0v) is 73.6. The molecule has 0 aliphatic carbocycles. The van der Waals surface area contributed by atoms with Crippen LogP contribution in [0.15, 0.2) is 0 Å². The van der Waals surface area contributed by atoms with Gasteiger partial charge < -0.3 is 279 Å². The van der Waals surface area contributed by atoms with E-state index < -0.39 is 440 Å². The first-order chi connectivity index (χ1) is 64.8. The van der Waals surface area contributed by atoms with Gasteiger partial charge in [-0.05, 0) is 0 Å². The van der Waals surface area contributed by atoms with E-state index in [1.54, 1.807) is 0 Å². The van der Waals surface area contributed by atoms with Gasteiger partial charge in [-0.1, -0.05) is 0 Å². The van der Waals surface area contributed by atoms with E-state index in [0.717, 1.165) is 34.6 Å². The highest BCUT2D eigenvalue weighted by atomic mass is 16.8. The Balaban J connectivity index is 0.955. The molecule has 0 aromatic heterocycles. The number of rotatable bonds is 36. The summed E-state index contributed by atoms with van der Waals surface area (Å²) >= 11 is 0. The number of amides is 5. The van der Waals surface area contributed by atoms with Crippen LogP contribution in [0.4, 0.5) is 0 Å². The number of ether oxygens (including phenoxy) is 21. The minimum atomic E-state index is -2.68. The topological polar surface area (TPSA) is 946 Å². The summed E-state index contributed by atoms with van der Waals surface area (Å²) < 4.78 is 125. The normalized spacial score (nSPS) is 48.9. The maximum absolute atomic E-state index is 13.2. The van der Waals surface area contributed by atoms with Gasteiger partial charge in [0.05, 0.1) is 72.7 Å². The molecule has 0 bridgehead atoms. The van der Waals surface area contributed by atoms with Crippen molar-refractivity contribution in [2.45, 2.75) is 372 Å². The van der Waals surface area contributed by atoms with Crippen LogP contribution in [0.3, 0.4) is 0 Å². The largest absolute Gasteiger partial charge is 0.394 e. The van der Waals surface area contributed by atoms with E-state index in [4.69, 9.17) is 99.5 Å². The molecular weight excluding hydrogens is 1880 g/mol. The van der Waals surface area contributed by atoms with E-state index in [1.807, 2.05) is 0 Å². The predicted molar refractivity (Wildman–Crippen MR) is 420 cm³/mol. The Morgan fingerprint density at radius 3 is 0.723 bits per heavy atom. The highest BCUT2D eigenvalue weighted by molar-refractivity contribution is 5.75. The molecule has 0 spiro atoms. The molecule has 35 N–H and O–H groups in total. The zero-order valence-electron chi connectivity index (χ0n) is 73.6. The highest BCUT2D eigenvalue weighted by Gasteiger charge is 2.63. The van der Waals surface area contributed by atoms with Crippen LogP contribution in [0.5, 0.6) is 0 Å². The first-order valence-electron chi connectivity index (χ1n) is 43.6. The van der Waals surface area contributed by atoms with Crippen molar-refractivity contribution in [3.05, 3.63) is 0 Å². The molecule has 55 atom stereocenters. The molecule has 0 aromatic rings. The van der Waals surface area contributed by atoms with Gasteiger partial charge in [-0.25, -0.2) is 0 Å². The summed E-state index contributed by atoms with van der Waals surface area (Å²) in [6, 6.07) is -9.66. The fraction of sp³-hybridized carbons (Fsp3) is 0.934. The molecule has 1 unspecified atom stereocenters. The molecule has 61 heteroatoms. The van der Waals surface area contributed by atoms with Crippen molar-refractivity contribution in [3.8, 4) is 0 Å². The number of aliphatic hydroxyl groups is 30. The van der Waals surface area contributed by atoms with Gasteiger partial charge in [-0.15, -0.1) is 0 Å². The van der Waals surface area contributed by atoms with Crippen molar-refractivity contribution in [1.82, 2.24) is 26.6 Å². The second-order valence-corrected chi connectivity index (χ2v) is 34.6. The average molecular weight is 2010 g/mol. The van der Waals surface area contributed by atoms with E-state index >= 15 is 0 Å². The van der Waals surface area contributed by atoms with Gasteiger partial charge in [0.15, 0.2) is 69.2 Å². The van der Waals surface area contributed by atoms with Crippen LogP contribution >= 0.6 is 0 Å². The lowest BCUT2D eigenvalue weighted by molar-refractivity contribution is -0.398. The van der Waals surface area contributed by atoms with Crippen LogP contribution in [0, 0.1) is 0 Å². The van der Waals surface area contributed by atoms with E-state index in [1.165, 1.54) is 0 Å². The minimum Gasteiger partial charge on any atom is -0.394 e. The number of carbonyl (C=O) groups is 5. The standard InChI is InChI=1S/C76H127N5O56/c1-17(91)77-33-44(102)58(26(10-86)119-66(33)116)130-68-35(79-19(3)93)46(104)62(30(14-90)125-68)134-75-57(115)64(136-76-65(52(110)41(99)25(9-85)123-76)137-70-37(81-21(5)95)48(106)61(29(13-89)127-70)133-74-55(113)51(109)40(98)24(8-84)122-74)43(101)32(129-75)16-118-71-56(114)63(135-69-36(80-20(4)94)47(105)60(28(12-88)126-69)132-73-54(112)50(108)39(97)23(7-83)121-73)42(100)31(128-71)15-117-67-34(78-18(2)92)45(103)59(27(11-87)124-67)131-72-53(111)49(107)38(96)22(6-82)120-72/h22-76,82-90,96-116H,6-16H2,1-5H3,(H,77,91)(H,78,92)(H,79,93)(H,80,94)(H,81,95)/t22-,23-,24-,25-,26-,27-,28-,29-,30-,31-,32-,33-,34-,35-,36-,37-,38+,39+,40+,41-,42-,43-,44-,45-,46-,47-,48-,49+,50+,51+,52+,53-,54-,55-,56+,57+,58-,59-,60-,61-,62-,63+,64+,65+,66?,67-,68+,69+,70+,71+,72+,73+,74+,75+,76-/m1/s1. The van der Waals surface area contributed by atoms with Crippen molar-refractivity contribution in [2.24, 2.45) is 0 Å². The average Bonchev–Trinajstić information content (AvgIpc) is 0.777. The van der Waals surface area contributed by atoms with E-state index in [9.17, 15) is 177 Å². The van der Waals surface area contributed by atoms with Crippen LogP contribution in [0.1, 0.15) is 34.6 Å². The van der Waals surface area contributed by atoms with Crippen LogP contribution in [0.2, 0.25) is 0 Å². The number of carbonyl (C=O) groups excluding carboxylic acids is 5. The first kappa shape index (κ1) is 113. The van der Waals surface area contributed by atoms with E-state index in [-0.39, 0.29) is 0 Å². The Labute approximate surface area is 775 Å². The molecule has 11 aliphatic heterocycles. The Hall–Kier alpha value is -4.69. The maximum atomic E-state index is 13.2. The smallest absolute Gasteiger partial charge is 0.217 e. The summed E-state index contributed by atoms with van der Waals surface area (Å²) in [5.41, 5.74) is 0. The van der Waals surface area contributed by atoms with Gasteiger partial charge in [-0.2, -0.15) is 0 Å². The van der Waals surface area contributed by atoms with Gasteiger partial charge in [0.25, 0.3) is 0 Å². The summed E-state index contributed by atoms with van der Waals surface area (Å²) in [6.45, 7) is -7.95. The lowest BCUT2D eigenvalue weighted by Gasteiger charge is -2.51. The molecule has 792 valence electrons. The number of hydrogen-bond donors (Lipinski definition) is 35. The lowest BCUT2D eigenvalue weighted by Crippen LogP contribution is -2.71. The van der Waals surface area contributed by atoms with Gasteiger partial charge in [0.2, 0.25) is 29.5 Å². The molecule has 0 aromatic carbocycles. The molecule has 11 fully saturated rings. The van der Waals surface area contributed by atoms with Crippen LogP contribution in [-0.2, 0) is 123 Å². The number of hydrogen-bond acceptors (Lipinski definition) is 56. The Kier molecular flexibility index (Phi) is 40.7. The molecule has 11 aliphatic rings. The molecule has 11 saturated heterocycles. The SMILES string of the molecule is CC(=O)N[C@H]1[C@H](O[C@H]2[C@H](O)[C@@H](NC(C)=O)C(O)O[C@@H]2CO)O[C@H](CO)[C@@H](O[C@@H]2O[C@H](CO[C@H]3O[C@H](CO[C@@H]4O[C@H](CO)[C@@H](O[C@@H]5O[C@H](CO)[C@H](O)[C@H](O)[C@H]5O)[C@H](O)[C@H]4NC(C)=O)[C@@H](O)[C@H](O[C@@H]4O[C@H](CO)[C@@H](O[C@@H]5O[C@H](CO)[C@H](O)[C@H](O)[C@H]5O)[C@H](O)[C@H]4NC(C)=O)[C@@H]3O)[C@@H](O)[C@H](O[C@H]3O[C@H](CO)[C@@H](O)[C@H](O)[C@@H]3O[C@@H]3O[C@H](CO)[C@@H](O[C@@H]4O[C@H](CO)[C@H](O)[C@H](O)[C@H]4O)[C@H](O)[C@H]3NC(C)=O)[C@@H]2O)[C@@H]1O. The van der Waals surface area contributed by atoms with Crippen molar-refractivity contribution < 1.29 is 277 Å². The minimum absolute atomic E-state index is 0.824. The third kappa shape index (κ3) is 25.2. The van der Waals surface area contributed by atoms with Crippen molar-refractivity contribution in [1.29, 1.82) is 0 Å². The van der Waals surface area contributed by atoms with Crippen molar-refractivity contribution in [2.75, 3.05) is 72.7 Å². The first-order valence-corrected chi connectivity index (χ1v) is 43.6. The molecule has 137 heavy (non-hydrogen) atoms. The quantitative estimate of drug-likeness (QED) is 0.0277. The van der Waals surface area contributed by atoms with Crippen LogP contribution in [-0.4, -0.2) is 593 Å². The zero-order chi connectivity index (χ0) is 101. The summed E-state index contributed by atoms with van der Waals surface area (Å²) in [5.74, 6) is -4.78. The number of aliphatic hydroxyl groups excluding tert-OH is 30. The Morgan fingerprint density at radius 1 is 0.190 bits per heavy atom.